The topological polar surface area (TPSA) is 73.6 Å². The standard InChI is InChI=1S/C13H16Cl2N2O3/c1-19-13(2-3-20-7-13)6-17-12(18)8-4-9(14)11(15)10(16)5-8/h4-5H,2-3,6-7,16H2,1H3,(H,17,18). The van der Waals surface area contributed by atoms with Crippen molar-refractivity contribution in [2.75, 3.05) is 32.6 Å². The summed E-state index contributed by atoms with van der Waals surface area (Å²) in [6.07, 6.45) is 0.743. The number of ether oxygens (including phenoxy) is 2. The van der Waals surface area contributed by atoms with E-state index in [9.17, 15) is 4.79 Å². The summed E-state index contributed by atoms with van der Waals surface area (Å²) < 4.78 is 10.7. The Labute approximate surface area is 127 Å². The average molecular weight is 319 g/mol. The first-order valence-corrected chi connectivity index (χ1v) is 6.89. The molecule has 1 atom stereocenters. The zero-order valence-corrected chi connectivity index (χ0v) is 12.6. The highest BCUT2D eigenvalue weighted by Gasteiger charge is 2.35. The third-order valence-electron chi connectivity index (χ3n) is 3.39. The van der Waals surface area contributed by atoms with E-state index in [1.165, 1.54) is 12.1 Å². The summed E-state index contributed by atoms with van der Waals surface area (Å²) in [7, 11) is 1.61. The van der Waals surface area contributed by atoms with Gasteiger partial charge in [0.1, 0.15) is 5.60 Å². The van der Waals surface area contributed by atoms with Gasteiger partial charge in [0.05, 0.1) is 22.3 Å². The van der Waals surface area contributed by atoms with E-state index in [0.717, 1.165) is 6.42 Å². The molecular weight excluding hydrogens is 303 g/mol. The monoisotopic (exact) mass is 318 g/mol. The Hall–Kier alpha value is -1.01. The lowest BCUT2D eigenvalue weighted by Gasteiger charge is -2.25. The van der Waals surface area contributed by atoms with Crippen molar-refractivity contribution in [2.24, 2.45) is 0 Å². The van der Waals surface area contributed by atoms with Crippen LogP contribution in [0.5, 0.6) is 0 Å². The minimum absolute atomic E-state index is 0.251. The molecule has 1 heterocycles. The van der Waals surface area contributed by atoms with Crippen molar-refractivity contribution in [1.82, 2.24) is 5.32 Å². The van der Waals surface area contributed by atoms with E-state index >= 15 is 0 Å². The number of methoxy groups -OCH3 is 1. The van der Waals surface area contributed by atoms with Gasteiger partial charge < -0.3 is 20.5 Å². The molecule has 5 nitrogen and oxygen atoms in total. The quantitative estimate of drug-likeness (QED) is 0.834. The molecule has 0 aliphatic carbocycles. The molecule has 0 radical (unpaired) electrons. The van der Waals surface area contributed by atoms with Crippen LogP contribution >= 0.6 is 23.2 Å². The van der Waals surface area contributed by atoms with Crippen molar-refractivity contribution >= 4 is 34.8 Å². The van der Waals surface area contributed by atoms with E-state index in [4.69, 9.17) is 38.4 Å². The largest absolute Gasteiger partial charge is 0.397 e. The maximum absolute atomic E-state index is 12.1. The van der Waals surface area contributed by atoms with Gasteiger partial charge in [-0.15, -0.1) is 0 Å². The van der Waals surface area contributed by atoms with E-state index < -0.39 is 5.60 Å². The number of hydrogen-bond donors (Lipinski definition) is 2. The van der Waals surface area contributed by atoms with Crippen molar-refractivity contribution in [3.63, 3.8) is 0 Å². The molecule has 1 unspecified atom stereocenters. The van der Waals surface area contributed by atoms with Crippen molar-refractivity contribution in [2.45, 2.75) is 12.0 Å². The van der Waals surface area contributed by atoms with Gasteiger partial charge in [0.15, 0.2) is 0 Å². The van der Waals surface area contributed by atoms with E-state index in [1.807, 2.05) is 0 Å². The first kappa shape index (κ1) is 15.4. The Bertz CT molecular complexity index is 493. The minimum Gasteiger partial charge on any atom is -0.397 e. The number of nitrogens with two attached hydrogens (primary N) is 1. The van der Waals surface area contributed by atoms with Gasteiger partial charge in [-0.3, -0.25) is 4.79 Å². The molecule has 1 amide bonds. The van der Waals surface area contributed by atoms with Gasteiger partial charge in [0, 0.05) is 32.2 Å². The number of nitrogens with one attached hydrogen (secondary N) is 1. The zero-order valence-electron chi connectivity index (χ0n) is 11.0. The summed E-state index contributed by atoms with van der Waals surface area (Å²) in [5.41, 5.74) is 5.86. The molecule has 0 saturated carbocycles. The van der Waals surface area contributed by atoms with Gasteiger partial charge in [0.2, 0.25) is 0 Å². The summed E-state index contributed by atoms with van der Waals surface area (Å²) in [6.45, 7) is 1.46. The van der Waals surface area contributed by atoms with E-state index in [1.54, 1.807) is 7.11 Å². The highest BCUT2D eigenvalue weighted by Crippen LogP contribution is 2.29. The van der Waals surface area contributed by atoms with E-state index in [2.05, 4.69) is 5.32 Å². The van der Waals surface area contributed by atoms with Crippen molar-refractivity contribution in [3.05, 3.63) is 27.7 Å². The van der Waals surface area contributed by atoms with Crippen LogP contribution in [0.2, 0.25) is 10.0 Å². The van der Waals surface area contributed by atoms with Crippen LogP contribution in [-0.2, 0) is 9.47 Å². The number of benzene rings is 1. The first-order valence-electron chi connectivity index (χ1n) is 6.13. The highest BCUT2D eigenvalue weighted by atomic mass is 35.5. The fourth-order valence-corrected chi connectivity index (χ4v) is 2.38. The van der Waals surface area contributed by atoms with E-state index in [0.29, 0.717) is 25.3 Å². The normalized spacial score (nSPS) is 21.9. The van der Waals surface area contributed by atoms with Gasteiger partial charge in [-0.2, -0.15) is 0 Å². The van der Waals surface area contributed by atoms with Gasteiger partial charge >= 0.3 is 0 Å². The molecule has 20 heavy (non-hydrogen) atoms. The molecule has 1 saturated heterocycles. The SMILES string of the molecule is COC1(CNC(=O)c2cc(N)c(Cl)c(Cl)c2)CCOC1. The summed E-state index contributed by atoms with van der Waals surface area (Å²) >= 11 is 11.8. The number of amides is 1. The Morgan fingerprint density at radius 1 is 1.55 bits per heavy atom. The van der Waals surface area contributed by atoms with Crippen LogP contribution in [0, 0.1) is 0 Å². The van der Waals surface area contributed by atoms with Crippen LogP contribution in [0.4, 0.5) is 5.69 Å². The number of anilines is 1. The summed E-state index contributed by atoms with van der Waals surface area (Å²) in [5, 5.41) is 3.31. The summed E-state index contributed by atoms with van der Waals surface area (Å²) in [5.74, 6) is -0.279. The van der Waals surface area contributed by atoms with Crippen LogP contribution < -0.4 is 11.1 Å². The molecule has 2 rings (SSSR count). The number of carbonyl (C=O) groups excluding carboxylic acids is 1. The maximum atomic E-state index is 12.1. The third-order valence-corrected chi connectivity index (χ3v) is 4.21. The second kappa shape index (κ2) is 6.18. The van der Waals surface area contributed by atoms with Crippen molar-refractivity contribution in [3.8, 4) is 0 Å². The summed E-state index contributed by atoms with van der Waals surface area (Å²) in [6, 6.07) is 2.98. The van der Waals surface area contributed by atoms with Gasteiger partial charge in [-0.25, -0.2) is 0 Å². The first-order chi connectivity index (χ1) is 9.47. The molecule has 1 aliphatic rings. The number of hydrogen-bond acceptors (Lipinski definition) is 4. The van der Waals surface area contributed by atoms with Gasteiger partial charge in [-0.1, -0.05) is 23.2 Å². The number of halogens is 2. The molecule has 1 aliphatic heterocycles. The Balaban J connectivity index is 2.05. The van der Waals surface area contributed by atoms with Crippen molar-refractivity contribution in [1.29, 1.82) is 0 Å². The molecule has 1 aromatic rings. The third kappa shape index (κ3) is 3.17. The molecule has 1 aromatic carbocycles. The van der Waals surface area contributed by atoms with Crippen LogP contribution in [0.25, 0.3) is 0 Å². The molecule has 110 valence electrons. The number of carbonyl (C=O) groups is 1. The molecule has 0 aromatic heterocycles. The predicted octanol–water partition coefficient (Wildman–Crippen LogP) is 2.11. The van der Waals surface area contributed by atoms with Gasteiger partial charge in [0.25, 0.3) is 5.91 Å². The molecular formula is C13H16Cl2N2O3. The molecule has 3 N–H and O–H groups in total. The average Bonchev–Trinajstić information content (AvgIpc) is 2.91. The molecule has 7 heteroatoms. The number of rotatable bonds is 4. The zero-order chi connectivity index (χ0) is 14.8. The second-order valence-electron chi connectivity index (χ2n) is 4.73. The van der Waals surface area contributed by atoms with Crippen LogP contribution in [-0.4, -0.2) is 38.4 Å². The Morgan fingerprint density at radius 2 is 2.30 bits per heavy atom. The fourth-order valence-electron chi connectivity index (χ4n) is 2.05. The predicted molar refractivity (Wildman–Crippen MR) is 78.4 cm³/mol. The minimum atomic E-state index is -0.461. The van der Waals surface area contributed by atoms with Crippen LogP contribution in [0.1, 0.15) is 16.8 Å². The van der Waals surface area contributed by atoms with E-state index in [-0.39, 0.29) is 21.6 Å². The van der Waals surface area contributed by atoms with Crippen LogP contribution in [0.3, 0.4) is 0 Å². The summed E-state index contributed by atoms with van der Waals surface area (Å²) in [4.78, 5) is 12.1. The number of nitrogen functional groups attached to an aromatic ring is 1. The van der Waals surface area contributed by atoms with Crippen LogP contribution in [0.15, 0.2) is 12.1 Å². The van der Waals surface area contributed by atoms with Gasteiger partial charge in [-0.05, 0) is 12.1 Å². The highest BCUT2D eigenvalue weighted by molar-refractivity contribution is 6.43. The molecule has 0 spiro atoms. The lowest BCUT2D eigenvalue weighted by molar-refractivity contribution is -0.0148. The van der Waals surface area contributed by atoms with Crippen molar-refractivity contribution < 1.29 is 14.3 Å². The molecule has 1 fully saturated rings. The molecule has 0 bridgehead atoms. The Morgan fingerprint density at radius 3 is 2.85 bits per heavy atom. The second-order valence-corrected chi connectivity index (χ2v) is 5.52. The lowest BCUT2D eigenvalue weighted by atomic mass is 10.0. The maximum Gasteiger partial charge on any atom is 0.251 e. The smallest absolute Gasteiger partial charge is 0.251 e. The fraction of sp³-hybridized carbons (Fsp3) is 0.462. The lowest BCUT2D eigenvalue weighted by Crippen LogP contribution is -2.45. The Kier molecular flexibility index (Phi) is 4.75.